The molecule has 0 radical (unpaired) electrons. The molecule has 1 fully saturated rings. The van der Waals surface area contributed by atoms with Crippen LogP contribution in [0.15, 0.2) is 24.3 Å². The SMILES string of the molecule is COc1ccccc1C(=O)N(C)CC1(O)CCNC1. The summed E-state index contributed by atoms with van der Waals surface area (Å²) in [5, 5.41) is 13.4. The molecular formula is C14H20N2O3. The smallest absolute Gasteiger partial charge is 0.257 e. The molecule has 1 saturated heterocycles. The molecule has 5 nitrogen and oxygen atoms in total. The predicted octanol–water partition coefficient (Wildman–Crippen LogP) is 0.492. The highest BCUT2D eigenvalue weighted by Crippen LogP contribution is 2.21. The van der Waals surface area contributed by atoms with Crippen LogP contribution < -0.4 is 10.1 Å². The van der Waals surface area contributed by atoms with Gasteiger partial charge >= 0.3 is 0 Å². The van der Waals surface area contributed by atoms with Crippen molar-refractivity contribution in [3.05, 3.63) is 29.8 Å². The summed E-state index contributed by atoms with van der Waals surface area (Å²) in [7, 11) is 3.24. The van der Waals surface area contributed by atoms with Crippen molar-refractivity contribution in [3.63, 3.8) is 0 Å². The van der Waals surface area contributed by atoms with Gasteiger partial charge in [0.1, 0.15) is 5.75 Å². The van der Waals surface area contributed by atoms with Crippen LogP contribution in [0.5, 0.6) is 5.75 Å². The number of carbonyl (C=O) groups excluding carboxylic acids is 1. The molecule has 0 saturated carbocycles. The molecule has 1 atom stereocenters. The maximum absolute atomic E-state index is 12.4. The Balaban J connectivity index is 2.10. The second-order valence-corrected chi connectivity index (χ2v) is 5.01. The summed E-state index contributed by atoms with van der Waals surface area (Å²) < 4.78 is 5.19. The molecule has 19 heavy (non-hydrogen) atoms. The number of carbonyl (C=O) groups is 1. The van der Waals surface area contributed by atoms with E-state index < -0.39 is 5.60 Å². The molecule has 1 aliphatic heterocycles. The Morgan fingerprint density at radius 3 is 2.89 bits per heavy atom. The van der Waals surface area contributed by atoms with E-state index in [1.165, 1.54) is 0 Å². The van der Waals surface area contributed by atoms with Crippen molar-refractivity contribution in [2.75, 3.05) is 33.8 Å². The van der Waals surface area contributed by atoms with E-state index in [1.807, 2.05) is 6.07 Å². The summed E-state index contributed by atoms with van der Waals surface area (Å²) in [6, 6.07) is 7.11. The number of nitrogens with one attached hydrogen (secondary N) is 1. The fourth-order valence-electron chi connectivity index (χ4n) is 2.41. The van der Waals surface area contributed by atoms with E-state index in [0.717, 1.165) is 6.54 Å². The summed E-state index contributed by atoms with van der Waals surface area (Å²) >= 11 is 0. The van der Waals surface area contributed by atoms with Gasteiger partial charge in [-0.05, 0) is 25.1 Å². The fourth-order valence-corrected chi connectivity index (χ4v) is 2.41. The van der Waals surface area contributed by atoms with Gasteiger partial charge in [-0.15, -0.1) is 0 Å². The Kier molecular flexibility index (Phi) is 4.07. The molecule has 104 valence electrons. The molecule has 1 unspecified atom stereocenters. The minimum absolute atomic E-state index is 0.141. The maximum Gasteiger partial charge on any atom is 0.257 e. The van der Waals surface area contributed by atoms with E-state index in [1.54, 1.807) is 37.3 Å². The number of ether oxygens (including phenoxy) is 1. The quantitative estimate of drug-likeness (QED) is 0.831. The van der Waals surface area contributed by atoms with Crippen molar-refractivity contribution in [3.8, 4) is 5.75 Å². The van der Waals surface area contributed by atoms with Crippen molar-refractivity contribution in [2.24, 2.45) is 0 Å². The first-order valence-electron chi connectivity index (χ1n) is 6.37. The zero-order valence-corrected chi connectivity index (χ0v) is 11.3. The highest BCUT2D eigenvalue weighted by molar-refractivity contribution is 5.96. The van der Waals surface area contributed by atoms with Crippen molar-refractivity contribution in [2.45, 2.75) is 12.0 Å². The first-order valence-corrected chi connectivity index (χ1v) is 6.37. The van der Waals surface area contributed by atoms with Crippen molar-refractivity contribution in [1.82, 2.24) is 10.2 Å². The van der Waals surface area contributed by atoms with Gasteiger partial charge in [0.2, 0.25) is 0 Å². The Bertz CT molecular complexity index is 456. The standard InChI is InChI=1S/C14H20N2O3/c1-16(10-14(18)7-8-15-9-14)13(17)11-5-3-4-6-12(11)19-2/h3-6,15,18H,7-10H2,1-2H3. The van der Waals surface area contributed by atoms with E-state index in [-0.39, 0.29) is 5.91 Å². The first kappa shape index (κ1) is 13.8. The minimum Gasteiger partial charge on any atom is -0.496 e. The maximum atomic E-state index is 12.4. The van der Waals surface area contributed by atoms with Gasteiger partial charge in [-0.25, -0.2) is 0 Å². The first-order chi connectivity index (χ1) is 9.06. The average Bonchev–Trinajstić information content (AvgIpc) is 2.84. The summed E-state index contributed by atoms with van der Waals surface area (Å²) in [4.78, 5) is 13.9. The summed E-state index contributed by atoms with van der Waals surface area (Å²) in [5.74, 6) is 0.411. The average molecular weight is 264 g/mol. The van der Waals surface area contributed by atoms with Gasteiger partial charge in [-0.1, -0.05) is 12.1 Å². The van der Waals surface area contributed by atoms with Gasteiger partial charge in [0.25, 0.3) is 5.91 Å². The largest absolute Gasteiger partial charge is 0.496 e. The molecule has 1 heterocycles. The molecule has 1 amide bonds. The molecular weight excluding hydrogens is 244 g/mol. The zero-order valence-electron chi connectivity index (χ0n) is 11.3. The number of para-hydroxylation sites is 1. The number of rotatable bonds is 4. The van der Waals surface area contributed by atoms with E-state index >= 15 is 0 Å². The third-order valence-corrected chi connectivity index (χ3v) is 3.44. The number of aliphatic hydroxyl groups is 1. The highest BCUT2D eigenvalue weighted by Gasteiger charge is 2.33. The Morgan fingerprint density at radius 2 is 2.26 bits per heavy atom. The number of benzene rings is 1. The third-order valence-electron chi connectivity index (χ3n) is 3.44. The van der Waals surface area contributed by atoms with Crippen molar-refractivity contribution in [1.29, 1.82) is 0 Å². The molecule has 2 N–H and O–H groups in total. The zero-order chi connectivity index (χ0) is 13.9. The van der Waals surface area contributed by atoms with E-state index in [2.05, 4.69) is 5.32 Å². The van der Waals surface area contributed by atoms with Crippen LogP contribution in [0.2, 0.25) is 0 Å². The van der Waals surface area contributed by atoms with E-state index in [9.17, 15) is 9.90 Å². The number of β-amino-alcohol motifs (C(OH)–C–C–N with tert-alkyl or cyclic N) is 1. The minimum atomic E-state index is -0.827. The lowest BCUT2D eigenvalue weighted by Gasteiger charge is -2.28. The van der Waals surface area contributed by atoms with Crippen LogP contribution in [0.25, 0.3) is 0 Å². The molecule has 0 aliphatic carbocycles. The van der Waals surface area contributed by atoms with E-state index in [4.69, 9.17) is 4.74 Å². The number of likely N-dealkylation sites (N-methyl/N-ethyl adjacent to an activating group) is 1. The summed E-state index contributed by atoms with van der Waals surface area (Å²) in [6.45, 7) is 1.63. The molecule has 0 aromatic heterocycles. The molecule has 1 aromatic carbocycles. The van der Waals surface area contributed by atoms with Crippen molar-refractivity contribution < 1.29 is 14.6 Å². The Labute approximate surface area is 113 Å². The second-order valence-electron chi connectivity index (χ2n) is 5.01. The van der Waals surface area contributed by atoms with Crippen LogP contribution in [0.1, 0.15) is 16.8 Å². The lowest BCUT2D eigenvalue weighted by atomic mass is 10.0. The molecule has 0 spiro atoms. The highest BCUT2D eigenvalue weighted by atomic mass is 16.5. The van der Waals surface area contributed by atoms with Gasteiger partial charge in [0, 0.05) is 13.6 Å². The summed E-state index contributed by atoms with van der Waals surface area (Å²) in [5.41, 5.74) is -0.311. The number of amides is 1. The number of hydrogen-bond acceptors (Lipinski definition) is 4. The molecule has 1 aliphatic rings. The fraction of sp³-hybridized carbons (Fsp3) is 0.500. The van der Waals surface area contributed by atoms with Crippen LogP contribution >= 0.6 is 0 Å². The third kappa shape index (κ3) is 3.05. The number of nitrogens with zero attached hydrogens (tertiary/aromatic N) is 1. The Hall–Kier alpha value is -1.59. The van der Waals surface area contributed by atoms with Crippen LogP contribution in [0.4, 0.5) is 0 Å². The molecule has 2 rings (SSSR count). The van der Waals surface area contributed by atoms with Gasteiger partial charge in [-0.3, -0.25) is 4.79 Å². The second kappa shape index (κ2) is 5.59. The van der Waals surface area contributed by atoms with Crippen LogP contribution in [0.3, 0.4) is 0 Å². The lowest BCUT2D eigenvalue weighted by molar-refractivity contribution is 0.0251. The lowest BCUT2D eigenvalue weighted by Crippen LogP contribution is -2.45. The summed E-state index contributed by atoms with van der Waals surface area (Å²) in [6.07, 6.45) is 0.663. The predicted molar refractivity (Wildman–Crippen MR) is 72.4 cm³/mol. The van der Waals surface area contributed by atoms with Gasteiger partial charge in [0.15, 0.2) is 0 Å². The topological polar surface area (TPSA) is 61.8 Å². The normalized spacial score (nSPS) is 22.3. The van der Waals surface area contributed by atoms with Crippen LogP contribution in [-0.4, -0.2) is 55.3 Å². The van der Waals surface area contributed by atoms with Gasteiger partial charge in [0.05, 0.1) is 24.8 Å². The van der Waals surface area contributed by atoms with E-state index in [0.29, 0.717) is 30.8 Å². The van der Waals surface area contributed by atoms with Crippen molar-refractivity contribution >= 4 is 5.91 Å². The molecule has 0 bridgehead atoms. The van der Waals surface area contributed by atoms with Crippen LogP contribution in [-0.2, 0) is 0 Å². The molecule has 5 heteroatoms. The van der Waals surface area contributed by atoms with Gasteiger partial charge in [-0.2, -0.15) is 0 Å². The number of hydrogen-bond donors (Lipinski definition) is 2. The monoisotopic (exact) mass is 264 g/mol. The van der Waals surface area contributed by atoms with Gasteiger partial charge < -0.3 is 20.1 Å². The number of methoxy groups -OCH3 is 1. The Morgan fingerprint density at radius 1 is 1.53 bits per heavy atom. The molecule has 1 aromatic rings. The van der Waals surface area contributed by atoms with Crippen LogP contribution in [0, 0.1) is 0 Å².